The number of nitro groups is 1. The molecule has 0 saturated heterocycles. The Morgan fingerprint density at radius 1 is 1.28 bits per heavy atom. The third kappa shape index (κ3) is 3.84. The van der Waals surface area contributed by atoms with Crippen LogP contribution >= 0.6 is 11.3 Å². The van der Waals surface area contributed by atoms with E-state index in [1.54, 1.807) is 30.2 Å². The quantitative estimate of drug-likeness (QED) is 0.592. The van der Waals surface area contributed by atoms with Gasteiger partial charge in [-0.2, -0.15) is 0 Å². The summed E-state index contributed by atoms with van der Waals surface area (Å²) in [5.41, 5.74) is 1.44. The minimum absolute atomic E-state index is 0.184. The zero-order valence-electron chi connectivity index (χ0n) is 15.2. The van der Waals surface area contributed by atoms with Crippen molar-refractivity contribution in [3.8, 4) is 0 Å². The summed E-state index contributed by atoms with van der Waals surface area (Å²) in [6, 6.07) is 1.10. The number of thiazole rings is 1. The van der Waals surface area contributed by atoms with Gasteiger partial charge in [-0.05, 0) is 20.8 Å². The molecule has 2 rings (SSSR count). The summed E-state index contributed by atoms with van der Waals surface area (Å²) in [5.74, 6) is 0.0361. The van der Waals surface area contributed by atoms with Crippen LogP contribution in [0.15, 0.2) is 12.3 Å². The molecule has 0 spiro atoms. The van der Waals surface area contributed by atoms with Gasteiger partial charge in [0.1, 0.15) is 6.20 Å². The number of carbonyl (C=O) groups excluding carboxylic acids is 1. The molecule has 2 heterocycles. The molecule has 0 radical (unpaired) electrons. The van der Waals surface area contributed by atoms with E-state index in [2.05, 4.69) is 23.8 Å². The highest BCUT2D eigenvalue weighted by molar-refractivity contribution is 7.11. The van der Waals surface area contributed by atoms with E-state index in [9.17, 15) is 14.9 Å². The summed E-state index contributed by atoms with van der Waals surface area (Å²) in [6.07, 6.45) is 1.16. The van der Waals surface area contributed by atoms with Crippen LogP contribution in [0.4, 0.5) is 5.69 Å². The van der Waals surface area contributed by atoms with E-state index in [-0.39, 0.29) is 23.2 Å². The van der Waals surface area contributed by atoms with Crippen molar-refractivity contribution in [1.82, 2.24) is 14.9 Å². The first kappa shape index (κ1) is 19.0. The molecular weight excluding hydrogens is 340 g/mol. The van der Waals surface area contributed by atoms with Crippen LogP contribution in [-0.4, -0.2) is 32.7 Å². The van der Waals surface area contributed by atoms with Crippen molar-refractivity contribution >= 4 is 22.9 Å². The van der Waals surface area contributed by atoms with Gasteiger partial charge < -0.3 is 4.90 Å². The Morgan fingerprint density at radius 2 is 1.92 bits per heavy atom. The van der Waals surface area contributed by atoms with Gasteiger partial charge in [-0.15, -0.1) is 11.3 Å². The summed E-state index contributed by atoms with van der Waals surface area (Å²) < 4.78 is 0. The first-order valence-electron chi connectivity index (χ1n) is 7.98. The molecule has 0 N–H and O–H groups in total. The second-order valence-corrected chi connectivity index (χ2v) is 7.39. The van der Waals surface area contributed by atoms with Crippen molar-refractivity contribution in [3.05, 3.63) is 49.2 Å². The third-order valence-corrected chi connectivity index (χ3v) is 5.77. The molecule has 2 aromatic rings. The predicted molar refractivity (Wildman–Crippen MR) is 97.1 cm³/mol. The Bertz CT molecular complexity index is 816. The number of nitrogens with zero attached hydrogens (tertiary/aromatic N) is 4. The molecule has 1 atom stereocenters. The van der Waals surface area contributed by atoms with Crippen molar-refractivity contribution in [2.24, 2.45) is 0 Å². The third-order valence-electron chi connectivity index (χ3n) is 4.14. The zero-order chi connectivity index (χ0) is 18.9. The second-order valence-electron chi connectivity index (χ2n) is 6.33. The summed E-state index contributed by atoms with van der Waals surface area (Å²) in [6.45, 7) is 9.71. The first-order chi connectivity index (χ1) is 11.6. The predicted octanol–water partition coefficient (Wildman–Crippen LogP) is 4.02. The number of carbonyl (C=O) groups is 1. The summed E-state index contributed by atoms with van der Waals surface area (Å²) in [5, 5.41) is 12.0. The van der Waals surface area contributed by atoms with Crippen molar-refractivity contribution < 1.29 is 9.72 Å². The van der Waals surface area contributed by atoms with Crippen LogP contribution in [0, 0.1) is 24.0 Å². The lowest BCUT2D eigenvalue weighted by molar-refractivity contribution is -0.385. The first-order valence-corrected chi connectivity index (χ1v) is 8.80. The molecule has 1 amide bonds. The van der Waals surface area contributed by atoms with Gasteiger partial charge in [0.05, 0.1) is 32.9 Å². The van der Waals surface area contributed by atoms with Crippen LogP contribution in [0.5, 0.6) is 0 Å². The van der Waals surface area contributed by atoms with Crippen LogP contribution in [0.3, 0.4) is 0 Å². The fourth-order valence-corrected chi connectivity index (χ4v) is 3.61. The number of hydrogen-bond acceptors (Lipinski definition) is 6. The largest absolute Gasteiger partial charge is 0.334 e. The van der Waals surface area contributed by atoms with Gasteiger partial charge in [0.15, 0.2) is 0 Å². The molecule has 2 aromatic heterocycles. The normalized spacial score (nSPS) is 12.3. The fourth-order valence-electron chi connectivity index (χ4n) is 2.44. The number of amides is 1. The minimum atomic E-state index is -0.547. The van der Waals surface area contributed by atoms with E-state index in [0.717, 1.165) is 21.8 Å². The van der Waals surface area contributed by atoms with E-state index >= 15 is 0 Å². The van der Waals surface area contributed by atoms with E-state index in [0.29, 0.717) is 11.6 Å². The van der Waals surface area contributed by atoms with Crippen LogP contribution in [0.1, 0.15) is 64.4 Å². The molecule has 0 fully saturated rings. The standard InChI is InChI=1S/C17H22N4O3S/c1-9(2)16-19-11(4)15(25-16)12(5)20(6)17(22)14-7-13(21(23)24)8-18-10(14)3/h7-9,12H,1-6H3. The molecule has 134 valence electrons. The molecule has 0 aliphatic rings. The van der Waals surface area contributed by atoms with E-state index in [1.165, 1.54) is 6.07 Å². The average molecular weight is 362 g/mol. The molecule has 1 unspecified atom stereocenters. The zero-order valence-corrected chi connectivity index (χ0v) is 16.0. The lowest BCUT2D eigenvalue weighted by Crippen LogP contribution is -2.30. The van der Waals surface area contributed by atoms with Gasteiger partial charge >= 0.3 is 0 Å². The summed E-state index contributed by atoms with van der Waals surface area (Å²) >= 11 is 1.60. The number of aromatic nitrogens is 2. The van der Waals surface area contributed by atoms with Gasteiger partial charge in [0.2, 0.25) is 0 Å². The summed E-state index contributed by atoms with van der Waals surface area (Å²) in [7, 11) is 1.69. The lowest BCUT2D eigenvalue weighted by atomic mass is 10.1. The monoisotopic (exact) mass is 362 g/mol. The maximum absolute atomic E-state index is 12.9. The number of hydrogen-bond donors (Lipinski definition) is 0. The Morgan fingerprint density at radius 3 is 2.44 bits per heavy atom. The van der Waals surface area contributed by atoms with Gasteiger partial charge in [-0.1, -0.05) is 13.8 Å². The number of rotatable bonds is 5. The van der Waals surface area contributed by atoms with Gasteiger partial charge in [0.25, 0.3) is 11.6 Å². The number of pyridine rings is 1. The molecule has 0 saturated carbocycles. The van der Waals surface area contributed by atoms with Crippen molar-refractivity contribution in [3.63, 3.8) is 0 Å². The lowest BCUT2D eigenvalue weighted by Gasteiger charge is -2.25. The maximum atomic E-state index is 12.9. The van der Waals surface area contributed by atoms with Gasteiger partial charge in [-0.25, -0.2) is 4.98 Å². The van der Waals surface area contributed by atoms with Crippen LogP contribution in [0.25, 0.3) is 0 Å². The van der Waals surface area contributed by atoms with Crippen LogP contribution in [0.2, 0.25) is 0 Å². The SMILES string of the molecule is Cc1ncc([N+](=O)[O-])cc1C(=O)N(C)C(C)c1sc(C(C)C)nc1C. The highest BCUT2D eigenvalue weighted by atomic mass is 32.1. The van der Waals surface area contributed by atoms with Gasteiger partial charge in [0, 0.05) is 23.9 Å². The second kappa shape index (κ2) is 7.26. The number of aryl methyl sites for hydroxylation is 2. The molecular formula is C17H22N4O3S. The van der Waals surface area contributed by atoms with Crippen LogP contribution < -0.4 is 0 Å². The van der Waals surface area contributed by atoms with E-state index in [4.69, 9.17) is 0 Å². The maximum Gasteiger partial charge on any atom is 0.288 e. The molecule has 0 aromatic carbocycles. The molecule has 7 nitrogen and oxygen atoms in total. The average Bonchev–Trinajstić information content (AvgIpc) is 2.95. The van der Waals surface area contributed by atoms with E-state index < -0.39 is 4.92 Å². The van der Waals surface area contributed by atoms with Crippen molar-refractivity contribution in [2.75, 3.05) is 7.05 Å². The Labute approximate surface area is 150 Å². The van der Waals surface area contributed by atoms with Crippen LogP contribution in [-0.2, 0) is 0 Å². The fraction of sp³-hybridized carbons (Fsp3) is 0.471. The Hall–Kier alpha value is -2.35. The topological polar surface area (TPSA) is 89.2 Å². The minimum Gasteiger partial charge on any atom is -0.334 e. The summed E-state index contributed by atoms with van der Waals surface area (Å²) in [4.78, 5) is 34.4. The van der Waals surface area contributed by atoms with Crippen molar-refractivity contribution in [2.45, 2.75) is 46.6 Å². The Balaban J connectivity index is 2.34. The highest BCUT2D eigenvalue weighted by Crippen LogP contribution is 2.32. The Kier molecular flexibility index (Phi) is 5.52. The highest BCUT2D eigenvalue weighted by Gasteiger charge is 2.26. The molecule has 8 heteroatoms. The van der Waals surface area contributed by atoms with Crippen molar-refractivity contribution in [1.29, 1.82) is 0 Å². The van der Waals surface area contributed by atoms with Gasteiger partial charge in [-0.3, -0.25) is 19.9 Å². The molecule has 0 aliphatic carbocycles. The van der Waals surface area contributed by atoms with E-state index in [1.807, 2.05) is 13.8 Å². The molecule has 0 bridgehead atoms. The molecule has 25 heavy (non-hydrogen) atoms. The molecule has 0 aliphatic heterocycles. The smallest absolute Gasteiger partial charge is 0.288 e.